The minimum Gasteiger partial charge on any atom is -0.272 e. The number of amides is 2. The smallest absolute Gasteiger partial charge is 0.254 e. The van der Waals surface area contributed by atoms with Gasteiger partial charge in [-0.3, -0.25) is 9.59 Å². The second-order valence-electron chi connectivity index (χ2n) is 6.13. The molecular weight excluding hydrogens is 344 g/mol. The number of carbonyl (C=O) groups is 2. The van der Waals surface area contributed by atoms with Gasteiger partial charge in [0.2, 0.25) is 0 Å². The number of imide groups is 1. The predicted molar refractivity (Wildman–Crippen MR) is 85.9 cm³/mol. The lowest BCUT2D eigenvalue weighted by Crippen LogP contribution is -2.38. The van der Waals surface area contributed by atoms with Crippen LogP contribution in [0.4, 0.5) is 0 Å². The van der Waals surface area contributed by atoms with Gasteiger partial charge in [-0.25, -0.2) is 0 Å². The highest BCUT2D eigenvalue weighted by Crippen LogP contribution is 2.49. The summed E-state index contributed by atoms with van der Waals surface area (Å²) in [7, 11) is 0. The standard InChI is InChI=1S/C17H15BrN2O2/c18-13-3-1-2-10(8-13)9-19-20-16(21)14-11-4-5-12(7-6-11)15(14)17(20)22/h1-5,8-9,11-12,14-15H,6-7H2/b19-9-/t11-,12-,14-,15+/m1/s1. The first-order chi connectivity index (χ1) is 10.6. The van der Waals surface area contributed by atoms with E-state index < -0.39 is 0 Å². The minimum absolute atomic E-state index is 0.139. The van der Waals surface area contributed by atoms with E-state index in [2.05, 4.69) is 33.2 Å². The SMILES string of the molecule is O=C1[C@@H]2[C@H](C(=O)N1/N=C\c1cccc(Br)c1)[C@@H]1C=C[C@@H]2CC1. The highest BCUT2D eigenvalue weighted by Gasteiger charge is 2.56. The van der Waals surface area contributed by atoms with Gasteiger partial charge in [-0.1, -0.05) is 40.2 Å². The topological polar surface area (TPSA) is 49.7 Å². The second-order valence-corrected chi connectivity index (χ2v) is 7.05. The molecule has 1 heterocycles. The van der Waals surface area contributed by atoms with E-state index in [4.69, 9.17) is 0 Å². The number of halogens is 1. The van der Waals surface area contributed by atoms with Crippen molar-refractivity contribution in [1.29, 1.82) is 0 Å². The number of rotatable bonds is 2. The largest absolute Gasteiger partial charge is 0.272 e. The monoisotopic (exact) mass is 358 g/mol. The lowest BCUT2D eigenvalue weighted by Gasteiger charge is -2.37. The molecule has 1 saturated carbocycles. The Kier molecular flexibility index (Phi) is 3.26. The maximum Gasteiger partial charge on any atom is 0.254 e. The molecule has 2 bridgehead atoms. The summed E-state index contributed by atoms with van der Waals surface area (Å²) >= 11 is 3.40. The van der Waals surface area contributed by atoms with Crippen LogP contribution in [0.1, 0.15) is 18.4 Å². The molecule has 0 N–H and O–H groups in total. The van der Waals surface area contributed by atoms with E-state index in [0.717, 1.165) is 27.9 Å². The minimum atomic E-state index is -0.198. The third kappa shape index (κ3) is 2.07. The zero-order valence-electron chi connectivity index (χ0n) is 11.9. The van der Waals surface area contributed by atoms with E-state index in [0.29, 0.717) is 0 Å². The lowest BCUT2D eigenvalue weighted by molar-refractivity contribution is -0.140. The van der Waals surface area contributed by atoms with Crippen LogP contribution in [-0.2, 0) is 9.59 Å². The van der Waals surface area contributed by atoms with E-state index >= 15 is 0 Å². The van der Waals surface area contributed by atoms with Gasteiger partial charge in [0.15, 0.2) is 0 Å². The summed E-state index contributed by atoms with van der Waals surface area (Å²) in [6.07, 6.45) is 7.81. The van der Waals surface area contributed by atoms with Gasteiger partial charge in [-0.15, -0.1) is 0 Å². The number of fused-ring (bicyclic) bond motifs is 1. The van der Waals surface area contributed by atoms with Crippen LogP contribution in [0.15, 0.2) is 46.0 Å². The van der Waals surface area contributed by atoms with Crippen LogP contribution in [0.2, 0.25) is 0 Å². The van der Waals surface area contributed by atoms with Crippen LogP contribution >= 0.6 is 15.9 Å². The van der Waals surface area contributed by atoms with E-state index in [1.54, 1.807) is 6.21 Å². The van der Waals surface area contributed by atoms with Crippen molar-refractivity contribution in [3.8, 4) is 0 Å². The Morgan fingerprint density at radius 1 is 1.09 bits per heavy atom. The maximum absolute atomic E-state index is 12.6. The first-order valence-corrected chi connectivity index (χ1v) is 8.30. The fraction of sp³-hybridized carbons (Fsp3) is 0.353. The zero-order chi connectivity index (χ0) is 15.3. The van der Waals surface area contributed by atoms with Gasteiger partial charge in [0.25, 0.3) is 11.8 Å². The summed E-state index contributed by atoms with van der Waals surface area (Å²) in [6, 6.07) is 7.59. The summed E-state index contributed by atoms with van der Waals surface area (Å²) in [5.41, 5.74) is 0.853. The molecule has 0 radical (unpaired) electrons. The lowest BCUT2D eigenvalue weighted by atomic mass is 9.63. The molecule has 4 aliphatic rings. The molecule has 0 aromatic heterocycles. The van der Waals surface area contributed by atoms with E-state index in [-0.39, 0.29) is 35.5 Å². The first kappa shape index (κ1) is 13.9. The van der Waals surface area contributed by atoms with Crippen molar-refractivity contribution in [2.75, 3.05) is 0 Å². The predicted octanol–water partition coefficient (Wildman–Crippen LogP) is 2.98. The van der Waals surface area contributed by atoms with Crippen LogP contribution in [0, 0.1) is 23.7 Å². The van der Waals surface area contributed by atoms with Gasteiger partial charge in [-0.05, 0) is 42.4 Å². The van der Waals surface area contributed by atoms with Gasteiger partial charge in [-0.2, -0.15) is 10.1 Å². The zero-order valence-corrected chi connectivity index (χ0v) is 13.4. The van der Waals surface area contributed by atoms with Crippen molar-refractivity contribution >= 4 is 34.0 Å². The molecule has 1 aromatic carbocycles. The van der Waals surface area contributed by atoms with Crippen LogP contribution < -0.4 is 0 Å². The molecule has 112 valence electrons. The molecule has 22 heavy (non-hydrogen) atoms. The number of hydrogen-bond acceptors (Lipinski definition) is 3. The molecule has 5 rings (SSSR count). The number of nitrogens with zero attached hydrogens (tertiary/aromatic N) is 2. The van der Waals surface area contributed by atoms with Crippen LogP contribution in [0.5, 0.6) is 0 Å². The number of hydrazone groups is 1. The molecule has 2 fully saturated rings. The molecule has 4 nitrogen and oxygen atoms in total. The average Bonchev–Trinajstić information content (AvgIpc) is 2.80. The van der Waals surface area contributed by atoms with Crippen molar-refractivity contribution in [2.24, 2.45) is 28.8 Å². The van der Waals surface area contributed by atoms with Gasteiger partial charge in [0.1, 0.15) is 0 Å². The normalized spacial score (nSPS) is 33.0. The Labute approximate surface area is 137 Å². The molecule has 1 aliphatic heterocycles. The van der Waals surface area contributed by atoms with E-state index in [9.17, 15) is 9.59 Å². The van der Waals surface area contributed by atoms with E-state index in [1.807, 2.05) is 24.3 Å². The van der Waals surface area contributed by atoms with Crippen LogP contribution in [-0.4, -0.2) is 23.0 Å². The number of carbonyl (C=O) groups excluding carboxylic acids is 2. The quantitative estimate of drug-likeness (QED) is 0.463. The molecular formula is C17H15BrN2O2. The summed E-state index contributed by atoms with van der Waals surface area (Å²) in [6.45, 7) is 0. The molecule has 1 saturated heterocycles. The highest BCUT2D eigenvalue weighted by molar-refractivity contribution is 9.10. The molecule has 0 unspecified atom stereocenters. The summed E-state index contributed by atoms with van der Waals surface area (Å²) < 4.78 is 0.937. The molecule has 3 aliphatic carbocycles. The van der Waals surface area contributed by atoms with Crippen LogP contribution in [0.25, 0.3) is 0 Å². The Bertz CT molecular complexity index is 680. The van der Waals surface area contributed by atoms with Gasteiger partial charge in [0.05, 0.1) is 18.1 Å². The highest BCUT2D eigenvalue weighted by atomic mass is 79.9. The van der Waals surface area contributed by atoms with E-state index in [1.165, 1.54) is 0 Å². The Balaban J connectivity index is 1.61. The third-order valence-corrected chi connectivity index (χ3v) is 5.40. The van der Waals surface area contributed by atoms with Crippen molar-refractivity contribution in [3.63, 3.8) is 0 Å². The molecule has 4 atom stereocenters. The second kappa shape index (κ2) is 5.16. The van der Waals surface area contributed by atoms with Crippen molar-refractivity contribution < 1.29 is 9.59 Å². The average molecular weight is 359 g/mol. The van der Waals surface area contributed by atoms with Gasteiger partial charge < -0.3 is 0 Å². The van der Waals surface area contributed by atoms with Crippen molar-refractivity contribution in [3.05, 3.63) is 46.5 Å². The Hall–Kier alpha value is -1.75. The first-order valence-electron chi connectivity index (χ1n) is 7.51. The van der Waals surface area contributed by atoms with Gasteiger partial charge in [0, 0.05) is 4.47 Å². The third-order valence-electron chi connectivity index (χ3n) is 4.91. The number of allylic oxidation sites excluding steroid dienone is 2. The molecule has 0 spiro atoms. The number of hydrogen-bond donors (Lipinski definition) is 0. The molecule has 1 aromatic rings. The van der Waals surface area contributed by atoms with Crippen molar-refractivity contribution in [1.82, 2.24) is 5.01 Å². The van der Waals surface area contributed by atoms with Crippen molar-refractivity contribution in [2.45, 2.75) is 12.8 Å². The van der Waals surface area contributed by atoms with Crippen LogP contribution in [0.3, 0.4) is 0 Å². The Morgan fingerprint density at radius 3 is 2.27 bits per heavy atom. The van der Waals surface area contributed by atoms with Gasteiger partial charge >= 0.3 is 0 Å². The molecule has 5 heteroatoms. The summed E-state index contributed by atoms with van der Waals surface area (Å²) in [5.74, 6) is -0.262. The fourth-order valence-electron chi connectivity index (χ4n) is 3.88. The molecule has 2 amide bonds. The Morgan fingerprint density at radius 2 is 1.73 bits per heavy atom. The summed E-state index contributed by atoms with van der Waals surface area (Å²) in [5, 5.41) is 5.27. The number of benzene rings is 1. The maximum atomic E-state index is 12.6. The summed E-state index contributed by atoms with van der Waals surface area (Å²) in [4.78, 5) is 25.2. The fourth-order valence-corrected chi connectivity index (χ4v) is 4.30.